The van der Waals surface area contributed by atoms with Crippen molar-refractivity contribution in [2.24, 2.45) is 5.92 Å². The molecule has 4 unspecified atom stereocenters. The summed E-state index contributed by atoms with van der Waals surface area (Å²) in [5.41, 5.74) is -1.57. The number of rotatable bonds is 8. The number of nitrogens with one attached hydrogen (secondary N) is 2. The van der Waals surface area contributed by atoms with Crippen molar-refractivity contribution in [3.05, 3.63) is 96.1 Å². The number of aliphatic hydroxyl groups is 5. The van der Waals surface area contributed by atoms with Crippen molar-refractivity contribution in [1.82, 2.24) is 10.6 Å². The predicted octanol–water partition coefficient (Wildman–Crippen LogP) is 1.78. The Kier molecular flexibility index (Phi) is 10.1. The summed E-state index contributed by atoms with van der Waals surface area (Å²) in [5.74, 6) is -1.45. The van der Waals surface area contributed by atoms with Crippen LogP contribution in [0.15, 0.2) is 84.9 Å². The van der Waals surface area contributed by atoms with Crippen molar-refractivity contribution in [2.75, 3.05) is 13.2 Å². The minimum absolute atomic E-state index is 0.315. The average Bonchev–Trinajstić information content (AvgIpc) is 3.10. The molecule has 47 heavy (non-hydrogen) atoms. The number of carbonyl (C=O) groups is 2. The van der Waals surface area contributed by atoms with Crippen molar-refractivity contribution in [3.63, 3.8) is 0 Å². The highest BCUT2D eigenvalue weighted by atomic mass is 32.2. The van der Waals surface area contributed by atoms with Crippen LogP contribution in [0.1, 0.15) is 27.6 Å². The highest BCUT2D eigenvalue weighted by Gasteiger charge is 2.50. The monoisotopic (exact) mass is 662 g/mol. The summed E-state index contributed by atoms with van der Waals surface area (Å²) in [6, 6.07) is 23.5. The second-order valence-electron chi connectivity index (χ2n) is 12.0. The number of carbonyl (C=O) groups excluding carboxylic acids is 2. The first-order valence-electron chi connectivity index (χ1n) is 15.5. The highest BCUT2D eigenvalue weighted by Crippen LogP contribution is 2.38. The van der Waals surface area contributed by atoms with Gasteiger partial charge < -0.3 is 45.6 Å². The van der Waals surface area contributed by atoms with E-state index in [2.05, 4.69) is 10.6 Å². The molecule has 0 bridgehead atoms. The molecule has 2 amide bonds. The lowest BCUT2D eigenvalue weighted by atomic mass is 9.89. The van der Waals surface area contributed by atoms with E-state index in [-0.39, 0.29) is 0 Å². The number of benzene rings is 4. The van der Waals surface area contributed by atoms with Gasteiger partial charge in [-0.05, 0) is 45.8 Å². The molecule has 248 valence electrons. The van der Waals surface area contributed by atoms with Crippen molar-refractivity contribution in [1.29, 1.82) is 0 Å². The van der Waals surface area contributed by atoms with E-state index in [1.165, 1.54) is 0 Å². The van der Waals surface area contributed by atoms with Crippen LogP contribution in [0.3, 0.4) is 0 Å². The van der Waals surface area contributed by atoms with Gasteiger partial charge in [0.2, 0.25) is 0 Å². The first-order valence-corrected chi connectivity index (χ1v) is 16.4. The molecule has 2 saturated heterocycles. The predicted molar refractivity (Wildman–Crippen MR) is 177 cm³/mol. The number of hydrogen-bond acceptors (Lipinski definition) is 10. The summed E-state index contributed by atoms with van der Waals surface area (Å²) in [4.78, 5) is 26.6. The van der Waals surface area contributed by atoms with Gasteiger partial charge in [0.15, 0.2) is 0 Å². The molecule has 11 nitrogen and oxygen atoms in total. The van der Waals surface area contributed by atoms with Crippen molar-refractivity contribution in [2.45, 2.75) is 60.4 Å². The Labute approximate surface area is 275 Å². The molecule has 10 atom stereocenters. The summed E-state index contributed by atoms with van der Waals surface area (Å²) >= 11 is 0.877. The van der Waals surface area contributed by atoms with E-state index in [0.717, 1.165) is 33.3 Å². The smallest absolute Gasteiger partial charge is 0.251 e. The van der Waals surface area contributed by atoms with Gasteiger partial charge in [0, 0.05) is 17.0 Å². The number of hydrogen-bond donors (Lipinski definition) is 7. The lowest BCUT2D eigenvalue weighted by molar-refractivity contribution is -0.168. The maximum atomic E-state index is 13.4. The standard InChI is InChI=1S/C35H38N2O9S/c1-18-25(16-38)45-34(30(41)27(18)36-32(43)23-12-10-19-6-2-4-8-21(19)14-23)47-35-31(42)28(29(40)26(17-39)46-35)37-33(44)24-13-11-20-7-3-5-9-22(20)15-24/h2-15,18,25-31,34-35,38-42H,16-17H2,1H3,(H,36,43)(H,37,44)/t18-,25+,26?,27?,28?,29-,30?,31-,34-,35-/m0/s1. The van der Waals surface area contributed by atoms with E-state index >= 15 is 0 Å². The van der Waals surface area contributed by atoms with Crippen molar-refractivity contribution < 1.29 is 44.6 Å². The molecule has 0 spiro atoms. The second kappa shape index (κ2) is 14.3. The van der Waals surface area contributed by atoms with Crippen LogP contribution < -0.4 is 10.6 Å². The Morgan fingerprint density at radius 3 is 1.60 bits per heavy atom. The zero-order valence-corrected chi connectivity index (χ0v) is 26.4. The Morgan fingerprint density at radius 1 is 0.638 bits per heavy atom. The van der Waals surface area contributed by atoms with E-state index in [9.17, 15) is 35.1 Å². The lowest BCUT2D eigenvalue weighted by Gasteiger charge is -2.47. The summed E-state index contributed by atoms with van der Waals surface area (Å²) in [5, 5.41) is 63.1. The largest absolute Gasteiger partial charge is 0.394 e. The fourth-order valence-electron chi connectivity index (χ4n) is 6.26. The SMILES string of the molecule is C[C@@H]1C(NC(=O)c2ccc3ccccc3c2)C(O)[C@H](S[C@@H]2OC(CO)[C@H](O)C(NC(=O)c3ccc4ccccc4c3)[C@@H]2O)O[C@@H]1CO. The minimum Gasteiger partial charge on any atom is -0.394 e. The molecule has 0 aromatic heterocycles. The van der Waals surface area contributed by atoms with E-state index in [1.54, 1.807) is 37.3 Å². The Morgan fingerprint density at radius 2 is 1.09 bits per heavy atom. The molecular weight excluding hydrogens is 624 g/mol. The molecular formula is C35H38N2O9S. The van der Waals surface area contributed by atoms with Crippen LogP contribution in [0.2, 0.25) is 0 Å². The molecule has 6 rings (SSSR count). The Balaban J connectivity index is 1.18. The van der Waals surface area contributed by atoms with Crippen LogP contribution in [-0.4, -0.2) is 104 Å². The molecule has 0 radical (unpaired) electrons. The number of aliphatic hydroxyl groups excluding tert-OH is 5. The lowest BCUT2D eigenvalue weighted by Crippen LogP contribution is -2.65. The second-order valence-corrected chi connectivity index (χ2v) is 13.2. The van der Waals surface area contributed by atoms with Crippen LogP contribution in [-0.2, 0) is 9.47 Å². The molecule has 4 aromatic rings. The summed E-state index contributed by atoms with van der Waals surface area (Å²) in [6.07, 6.45) is -6.19. The molecule has 2 heterocycles. The van der Waals surface area contributed by atoms with E-state index < -0.39 is 84.4 Å². The highest BCUT2D eigenvalue weighted by molar-refractivity contribution is 8.00. The maximum absolute atomic E-state index is 13.4. The fourth-order valence-corrected chi connectivity index (χ4v) is 7.60. The van der Waals surface area contributed by atoms with E-state index in [4.69, 9.17) is 9.47 Å². The van der Waals surface area contributed by atoms with Crippen LogP contribution in [0, 0.1) is 5.92 Å². The molecule has 12 heteroatoms. The molecule has 2 fully saturated rings. The van der Waals surface area contributed by atoms with Gasteiger partial charge in [-0.15, -0.1) is 0 Å². The van der Waals surface area contributed by atoms with Gasteiger partial charge in [0.05, 0.1) is 31.4 Å². The number of thioether (sulfide) groups is 1. The third-order valence-corrected chi connectivity index (χ3v) is 10.4. The normalized spacial score (nSPS) is 31.0. The summed E-state index contributed by atoms with van der Waals surface area (Å²) in [6.45, 7) is 0.741. The summed E-state index contributed by atoms with van der Waals surface area (Å²) < 4.78 is 11.8. The van der Waals surface area contributed by atoms with E-state index in [0.29, 0.717) is 11.1 Å². The quantitative estimate of drug-likeness (QED) is 0.147. The van der Waals surface area contributed by atoms with Gasteiger partial charge >= 0.3 is 0 Å². The fraction of sp³-hybridized carbons (Fsp3) is 0.371. The molecule has 0 saturated carbocycles. The van der Waals surface area contributed by atoms with Gasteiger partial charge in [0.25, 0.3) is 11.8 Å². The first-order chi connectivity index (χ1) is 22.7. The third kappa shape index (κ3) is 6.87. The Hall–Kier alpha value is -3.59. The van der Waals surface area contributed by atoms with Gasteiger partial charge in [-0.2, -0.15) is 0 Å². The van der Waals surface area contributed by atoms with Crippen molar-refractivity contribution in [3.8, 4) is 0 Å². The van der Waals surface area contributed by atoms with Gasteiger partial charge in [-0.3, -0.25) is 9.59 Å². The van der Waals surface area contributed by atoms with E-state index in [1.807, 2.05) is 54.6 Å². The van der Waals surface area contributed by atoms with Crippen LogP contribution in [0.25, 0.3) is 21.5 Å². The molecule has 4 aromatic carbocycles. The first kappa shape index (κ1) is 33.3. The third-order valence-electron chi connectivity index (χ3n) is 9.06. The number of ether oxygens (including phenoxy) is 2. The van der Waals surface area contributed by atoms with Crippen LogP contribution in [0.5, 0.6) is 0 Å². The topological polar surface area (TPSA) is 178 Å². The molecule has 0 aliphatic carbocycles. The average molecular weight is 663 g/mol. The minimum atomic E-state index is -1.49. The number of amides is 2. The zero-order chi connectivity index (χ0) is 33.2. The Bertz CT molecular complexity index is 1610. The van der Waals surface area contributed by atoms with Gasteiger partial charge in [-0.25, -0.2) is 0 Å². The maximum Gasteiger partial charge on any atom is 0.251 e. The number of fused-ring (bicyclic) bond motifs is 2. The van der Waals surface area contributed by atoms with Gasteiger partial charge in [-0.1, -0.05) is 79.3 Å². The molecule has 2 aliphatic rings. The van der Waals surface area contributed by atoms with Crippen molar-refractivity contribution >= 4 is 45.1 Å². The zero-order valence-electron chi connectivity index (χ0n) is 25.5. The van der Waals surface area contributed by atoms with Gasteiger partial charge in [0.1, 0.15) is 35.3 Å². The molecule has 7 N–H and O–H groups in total. The molecule has 2 aliphatic heterocycles. The van der Waals surface area contributed by atoms with Crippen LogP contribution in [0.4, 0.5) is 0 Å². The summed E-state index contributed by atoms with van der Waals surface area (Å²) in [7, 11) is 0. The van der Waals surface area contributed by atoms with Crippen LogP contribution >= 0.6 is 11.8 Å².